The van der Waals surface area contributed by atoms with Gasteiger partial charge in [-0.2, -0.15) is 0 Å². The highest BCUT2D eigenvalue weighted by Gasteiger charge is 2.18. The van der Waals surface area contributed by atoms with Gasteiger partial charge in [0.05, 0.1) is 21.2 Å². The van der Waals surface area contributed by atoms with Gasteiger partial charge in [0.2, 0.25) is 0 Å². The predicted octanol–water partition coefficient (Wildman–Crippen LogP) is 6.54. The molecule has 2 aromatic carbocycles. The zero-order chi connectivity index (χ0) is 22.9. The average molecular weight is 467 g/mol. The summed E-state index contributed by atoms with van der Waals surface area (Å²) in [5, 5.41) is 8.06. The molecule has 0 atom stereocenters. The minimum Gasteiger partial charge on any atom is -0.355 e. The Balaban J connectivity index is 1.23. The van der Waals surface area contributed by atoms with Gasteiger partial charge in [0.25, 0.3) is 0 Å². The molecular formula is C27H26N6S. The zero-order valence-electron chi connectivity index (χ0n) is 19.0. The van der Waals surface area contributed by atoms with Crippen LogP contribution in [0.2, 0.25) is 0 Å². The van der Waals surface area contributed by atoms with E-state index in [1.165, 1.54) is 23.1 Å². The molecule has 3 aromatic heterocycles. The van der Waals surface area contributed by atoms with Gasteiger partial charge in [0.1, 0.15) is 5.82 Å². The van der Waals surface area contributed by atoms with Gasteiger partial charge in [-0.3, -0.25) is 4.98 Å². The second-order valence-electron chi connectivity index (χ2n) is 8.93. The highest BCUT2D eigenvalue weighted by Crippen LogP contribution is 2.31. The van der Waals surface area contributed by atoms with Crippen molar-refractivity contribution in [3.05, 3.63) is 78.1 Å². The molecular weight excluding hydrogens is 440 g/mol. The van der Waals surface area contributed by atoms with Gasteiger partial charge in [0, 0.05) is 34.8 Å². The third-order valence-electron chi connectivity index (χ3n) is 6.60. The molecule has 0 bridgehead atoms. The van der Waals surface area contributed by atoms with E-state index in [2.05, 4.69) is 68.9 Å². The molecule has 1 fully saturated rings. The number of hydrogen-bond acceptors (Lipinski definition) is 7. The van der Waals surface area contributed by atoms with E-state index >= 15 is 0 Å². The minimum absolute atomic E-state index is 0.613. The second kappa shape index (κ2) is 9.00. The third kappa shape index (κ3) is 4.32. The lowest BCUT2D eigenvalue weighted by molar-refractivity contribution is 0.255. The van der Waals surface area contributed by atoms with Crippen molar-refractivity contribution in [3.63, 3.8) is 0 Å². The number of piperidine rings is 1. The van der Waals surface area contributed by atoms with E-state index in [9.17, 15) is 0 Å². The Morgan fingerprint density at radius 2 is 1.71 bits per heavy atom. The Hall–Kier alpha value is -3.55. The van der Waals surface area contributed by atoms with Crippen molar-refractivity contribution < 1.29 is 0 Å². The number of hydrogen-bond donors (Lipinski definition) is 2. The zero-order valence-corrected chi connectivity index (χ0v) is 19.8. The molecule has 6 rings (SSSR count). The van der Waals surface area contributed by atoms with Crippen molar-refractivity contribution in [1.29, 1.82) is 0 Å². The first kappa shape index (κ1) is 21.0. The first-order valence-electron chi connectivity index (χ1n) is 11.6. The highest BCUT2D eigenvalue weighted by molar-refractivity contribution is 7.16. The Bertz CT molecular complexity index is 1440. The normalized spacial score (nSPS) is 15.1. The fraction of sp³-hybridized carbons (Fsp3) is 0.222. The molecule has 2 N–H and O–H groups in total. The van der Waals surface area contributed by atoms with Gasteiger partial charge in [-0.1, -0.05) is 6.07 Å². The number of rotatable bonds is 5. The lowest BCUT2D eigenvalue weighted by atomic mass is 9.91. The van der Waals surface area contributed by atoms with Crippen LogP contribution in [-0.4, -0.2) is 40.0 Å². The van der Waals surface area contributed by atoms with Crippen molar-refractivity contribution in [1.82, 2.24) is 19.9 Å². The van der Waals surface area contributed by atoms with Crippen LogP contribution in [0.25, 0.3) is 21.1 Å². The summed E-state index contributed by atoms with van der Waals surface area (Å²) in [4.78, 5) is 16.1. The minimum atomic E-state index is 0.613. The summed E-state index contributed by atoms with van der Waals surface area (Å²) in [5.41, 5.74) is 8.16. The van der Waals surface area contributed by atoms with Crippen molar-refractivity contribution >= 4 is 55.3 Å². The second-order valence-corrected chi connectivity index (χ2v) is 9.82. The summed E-state index contributed by atoms with van der Waals surface area (Å²) < 4.78 is 1.19. The predicted molar refractivity (Wildman–Crippen MR) is 142 cm³/mol. The molecule has 7 heteroatoms. The van der Waals surface area contributed by atoms with Crippen LogP contribution in [0.3, 0.4) is 0 Å². The first-order valence-corrected chi connectivity index (χ1v) is 12.5. The number of benzene rings is 2. The number of nitrogens with zero attached hydrogens (tertiary/aromatic N) is 4. The molecule has 1 aliphatic heterocycles. The third-order valence-corrected chi connectivity index (χ3v) is 7.41. The van der Waals surface area contributed by atoms with Crippen LogP contribution < -0.4 is 10.6 Å². The Morgan fingerprint density at radius 1 is 0.853 bits per heavy atom. The van der Waals surface area contributed by atoms with Gasteiger partial charge in [0.15, 0.2) is 0 Å². The van der Waals surface area contributed by atoms with Crippen molar-refractivity contribution in [2.45, 2.75) is 18.8 Å². The van der Waals surface area contributed by atoms with E-state index in [0.29, 0.717) is 5.92 Å². The van der Waals surface area contributed by atoms with E-state index in [-0.39, 0.29) is 0 Å². The van der Waals surface area contributed by atoms with Crippen LogP contribution in [0.1, 0.15) is 24.3 Å². The Morgan fingerprint density at radius 3 is 2.56 bits per heavy atom. The van der Waals surface area contributed by atoms with Crippen molar-refractivity contribution in [3.8, 4) is 0 Å². The maximum absolute atomic E-state index is 4.70. The summed E-state index contributed by atoms with van der Waals surface area (Å²) in [7, 11) is 2.20. The van der Waals surface area contributed by atoms with E-state index in [1.54, 1.807) is 11.3 Å². The van der Waals surface area contributed by atoms with E-state index in [0.717, 1.165) is 52.4 Å². The molecule has 1 aliphatic rings. The molecule has 0 aliphatic carbocycles. The van der Waals surface area contributed by atoms with Gasteiger partial charge in [-0.05, 0) is 93.0 Å². The van der Waals surface area contributed by atoms with Crippen LogP contribution in [0.15, 0.2) is 72.5 Å². The molecule has 170 valence electrons. The number of anilines is 4. The largest absolute Gasteiger partial charge is 0.355 e. The number of pyridine rings is 2. The first-order chi connectivity index (χ1) is 16.7. The summed E-state index contributed by atoms with van der Waals surface area (Å²) in [6.07, 6.45) is 6.27. The Labute approximate surface area is 202 Å². The van der Waals surface area contributed by atoms with Crippen molar-refractivity contribution in [2.24, 2.45) is 0 Å². The van der Waals surface area contributed by atoms with Crippen LogP contribution in [0, 0.1) is 0 Å². The summed E-state index contributed by atoms with van der Waals surface area (Å²) in [6, 6.07) is 18.8. The molecule has 0 radical (unpaired) electrons. The molecule has 34 heavy (non-hydrogen) atoms. The molecule has 4 heterocycles. The highest BCUT2D eigenvalue weighted by atomic mass is 32.1. The van der Waals surface area contributed by atoms with Crippen molar-refractivity contribution in [2.75, 3.05) is 30.8 Å². The van der Waals surface area contributed by atoms with Gasteiger partial charge >= 0.3 is 0 Å². The molecule has 0 amide bonds. The monoisotopic (exact) mass is 466 g/mol. The number of likely N-dealkylation sites (tertiary alicyclic amines) is 1. The van der Waals surface area contributed by atoms with Crippen LogP contribution in [0.5, 0.6) is 0 Å². The molecule has 5 aromatic rings. The standard InChI is InChI=1S/C27H26N6S/c1-33-12-9-18(10-13-33)19-2-7-27(29-16-19)32-20-3-5-23-22(14-20)24(8-11-28-23)31-21-4-6-26-25(15-21)30-17-34-26/h2-8,11,14-18H,9-10,12-13H2,1H3,(H,28,31)(H,29,32). The molecule has 0 unspecified atom stereocenters. The maximum atomic E-state index is 4.70. The number of thiazole rings is 1. The summed E-state index contributed by atoms with van der Waals surface area (Å²) >= 11 is 1.65. The van der Waals surface area contributed by atoms with Gasteiger partial charge in [-0.15, -0.1) is 11.3 Å². The van der Waals surface area contributed by atoms with E-state index in [1.807, 2.05) is 36.1 Å². The smallest absolute Gasteiger partial charge is 0.130 e. The molecule has 0 spiro atoms. The lowest BCUT2D eigenvalue weighted by Gasteiger charge is -2.29. The summed E-state index contributed by atoms with van der Waals surface area (Å²) in [5.74, 6) is 1.46. The molecule has 1 saturated heterocycles. The number of nitrogens with one attached hydrogen (secondary N) is 2. The Kier molecular flexibility index (Phi) is 5.57. The van der Waals surface area contributed by atoms with Gasteiger partial charge in [-0.25, -0.2) is 9.97 Å². The molecule has 0 saturated carbocycles. The van der Waals surface area contributed by atoms with E-state index in [4.69, 9.17) is 4.98 Å². The maximum Gasteiger partial charge on any atom is 0.130 e. The van der Waals surface area contributed by atoms with Gasteiger partial charge < -0.3 is 15.5 Å². The number of aromatic nitrogens is 3. The lowest BCUT2D eigenvalue weighted by Crippen LogP contribution is -2.29. The van der Waals surface area contributed by atoms with Crippen LogP contribution >= 0.6 is 11.3 Å². The van der Waals surface area contributed by atoms with Crippen LogP contribution in [-0.2, 0) is 0 Å². The molecule has 6 nitrogen and oxygen atoms in total. The van der Waals surface area contributed by atoms with Crippen LogP contribution in [0.4, 0.5) is 22.9 Å². The quantitative estimate of drug-likeness (QED) is 0.307. The SMILES string of the molecule is CN1CCC(c2ccc(Nc3ccc4nccc(Nc5ccc6scnc6c5)c4c3)nc2)CC1. The summed E-state index contributed by atoms with van der Waals surface area (Å²) in [6.45, 7) is 2.31. The van der Waals surface area contributed by atoms with E-state index < -0.39 is 0 Å². The topological polar surface area (TPSA) is 66.0 Å². The average Bonchev–Trinajstić information content (AvgIpc) is 3.34. The fourth-order valence-corrected chi connectivity index (χ4v) is 5.29. The fourth-order valence-electron chi connectivity index (χ4n) is 4.63. The number of fused-ring (bicyclic) bond motifs is 2.